The molecule has 4 aromatic rings. The molecular weight excluding hydrogens is 420 g/mol. The normalized spacial score (nSPS) is 11.7. The predicted octanol–water partition coefficient (Wildman–Crippen LogP) is 5.44. The third kappa shape index (κ3) is 4.12. The van der Waals surface area contributed by atoms with Gasteiger partial charge < -0.3 is 4.57 Å². The van der Waals surface area contributed by atoms with E-state index in [1.54, 1.807) is 49.1 Å². The van der Waals surface area contributed by atoms with Gasteiger partial charge in [-0.15, -0.1) is 0 Å². The number of hydrogen-bond acceptors (Lipinski definition) is 3. The van der Waals surface area contributed by atoms with E-state index in [0.29, 0.717) is 22.8 Å². The third-order valence-electron chi connectivity index (χ3n) is 5.42. The molecule has 4 nitrogen and oxygen atoms in total. The molecular formula is C24H20F4N4. The van der Waals surface area contributed by atoms with Gasteiger partial charge in [0, 0.05) is 24.2 Å². The van der Waals surface area contributed by atoms with Gasteiger partial charge in [0.25, 0.3) is 0 Å². The van der Waals surface area contributed by atoms with Crippen LogP contribution in [0.5, 0.6) is 0 Å². The van der Waals surface area contributed by atoms with Crippen molar-refractivity contribution in [1.82, 2.24) is 19.5 Å². The van der Waals surface area contributed by atoms with Crippen LogP contribution in [0.4, 0.5) is 17.6 Å². The second-order valence-electron chi connectivity index (χ2n) is 8.12. The van der Waals surface area contributed by atoms with E-state index in [4.69, 9.17) is 0 Å². The fraction of sp³-hybridized carbons (Fsp3) is 0.208. The largest absolute Gasteiger partial charge is 0.303 e. The van der Waals surface area contributed by atoms with Crippen molar-refractivity contribution in [2.45, 2.75) is 32.6 Å². The summed E-state index contributed by atoms with van der Waals surface area (Å²) in [5.41, 5.74) is 1.65. The predicted molar refractivity (Wildman–Crippen MR) is 112 cm³/mol. The van der Waals surface area contributed by atoms with Gasteiger partial charge in [0.1, 0.15) is 11.6 Å². The fourth-order valence-corrected chi connectivity index (χ4v) is 3.50. The van der Waals surface area contributed by atoms with Crippen molar-refractivity contribution >= 4 is 0 Å². The summed E-state index contributed by atoms with van der Waals surface area (Å²) in [7, 11) is 0. The van der Waals surface area contributed by atoms with Gasteiger partial charge >= 0.3 is 0 Å². The van der Waals surface area contributed by atoms with Gasteiger partial charge in [-0.1, -0.05) is 19.9 Å². The summed E-state index contributed by atoms with van der Waals surface area (Å²) in [6.07, 6.45) is 5.07. The molecule has 0 saturated carbocycles. The summed E-state index contributed by atoms with van der Waals surface area (Å²) >= 11 is 0. The average Bonchev–Trinajstić information content (AvgIpc) is 3.18. The van der Waals surface area contributed by atoms with Crippen LogP contribution in [0.2, 0.25) is 0 Å². The van der Waals surface area contributed by atoms with Crippen LogP contribution in [0.25, 0.3) is 5.69 Å². The number of hydrogen-bond donors (Lipinski definition) is 0. The van der Waals surface area contributed by atoms with Crippen LogP contribution < -0.4 is 0 Å². The van der Waals surface area contributed by atoms with Gasteiger partial charge in [0.2, 0.25) is 0 Å². The van der Waals surface area contributed by atoms with E-state index in [-0.39, 0.29) is 12.0 Å². The average molecular weight is 440 g/mol. The zero-order valence-corrected chi connectivity index (χ0v) is 17.7. The molecule has 0 aliphatic carbocycles. The third-order valence-corrected chi connectivity index (χ3v) is 5.42. The number of imidazole rings is 1. The Labute approximate surface area is 182 Å². The number of aryl methyl sites for hydroxylation is 1. The minimum atomic E-state index is -1.51. The zero-order valence-electron chi connectivity index (χ0n) is 17.7. The second kappa shape index (κ2) is 8.18. The molecule has 0 saturated heterocycles. The Hall–Kier alpha value is -3.55. The smallest absolute Gasteiger partial charge is 0.194 e. The van der Waals surface area contributed by atoms with Crippen LogP contribution in [0.1, 0.15) is 42.2 Å². The molecule has 2 aromatic heterocycles. The van der Waals surface area contributed by atoms with Gasteiger partial charge in [-0.2, -0.15) is 0 Å². The molecule has 0 bridgehead atoms. The lowest BCUT2D eigenvalue weighted by Gasteiger charge is -2.25. The second-order valence-corrected chi connectivity index (χ2v) is 8.12. The zero-order chi connectivity index (χ0) is 23.0. The maximum atomic E-state index is 14.7. The molecule has 4 rings (SSSR count). The van der Waals surface area contributed by atoms with Gasteiger partial charge in [0.05, 0.1) is 23.4 Å². The molecule has 0 aliphatic heterocycles. The molecule has 32 heavy (non-hydrogen) atoms. The van der Waals surface area contributed by atoms with E-state index in [1.807, 2.05) is 6.92 Å². The van der Waals surface area contributed by atoms with Gasteiger partial charge in [-0.25, -0.2) is 32.5 Å². The Kier molecular flexibility index (Phi) is 5.54. The molecule has 0 spiro atoms. The SMILES string of the molecule is Cc1cn(-c2ccc(Cc3nccc(C(C)(C)c4cc(F)c(F)c(F)c4)n3)cc2F)cn1. The highest BCUT2D eigenvalue weighted by Gasteiger charge is 2.28. The molecule has 2 heterocycles. The van der Waals surface area contributed by atoms with Crippen molar-refractivity contribution < 1.29 is 17.6 Å². The molecule has 8 heteroatoms. The Bertz CT molecular complexity index is 1270. The monoisotopic (exact) mass is 440 g/mol. The summed E-state index contributed by atoms with van der Waals surface area (Å²) in [6, 6.07) is 8.41. The summed E-state index contributed by atoms with van der Waals surface area (Å²) in [5, 5.41) is 0. The molecule has 0 fully saturated rings. The van der Waals surface area contributed by atoms with Crippen LogP contribution in [0, 0.1) is 30.2 Å². The van der Waals surface area contributed by atoms with Crippen LogP contribution in [0.15, 0.2) is 55.1 Å². The molecule has 0 N–H and O–H groups in total. The Balaban J connectivity index is 1.61. The van der Waals surface area contributed by atoms with Crippen molar-refractivity contribution in [3.8, 4) is 5.69 Å². The van der Waals surface area contributed by atoms with E-state index < -0.39 is 28.7 Å². The first kappa shape index (κ1) is 21.7. The Morgan fingerprint density at radius 2 is 1.62 bits per heavy atom. The van der Waals surface area contributed by atoms with E-state index in [1.165, 1.54) is 12.3 Å². The molecule has 0 amide bonds. The molecule has 164 valence electrons. The van der Waals surface area contributed by atoms with Crippen LogP contribution in [0.3, 0.4) is 0 Å². The van der Waals surface area contributed by atoms with Crippen molar-refractivity contribution in [3.05, 3.63) is 107 Å². The van der Waals surface area contributed by atoms with Crippen LogP contribution in [-0.4, -0.2) is 19.5 Å². The number of nitrogens with zero attached hydrogens (tertiary/aromatic N) is 4. The molecule has 0 aliphatic rings. The standard InChI is InChI=1S/C24H20F4N4/c1-14-12-32(13-30-14)20-5-4-15(8-17(20)25)9-22-29-7-6-21(31-22)24(2,3)16-10-18(26)23(28)19(27)11-16/h4-8,10-13H,9H2,1-3H3. The number of halogens is 4. The summed E-state index contributed by atoms with van der Waals surface area (Å²) in [6.45, 7) is 5.28. The van der Waals surface area contributed by atoms with E-state index in [2.05, 4.69) is 15.0 Å². The maximum absolute atomic E-state index is 14.7. The highest BCUT2D eigenvalue weighted by atomic mass is 19.2. The molecule has 0 atom stereocenters. The first-order valence-corrected chi connectivity index (χ1v) is 9.92. The minimum Gasteiger partial charge on any atom is -0.303 e. The first-order valence-electron chi connectivity index (χ1n) is 9.92. The van der Waals surface area contributed by atoms with Crippen LogP contribution >= 0.6 is 0 Å². The lowest BCUT2D eigenvalue weighted by atomic mass is 9.81. The van der Waals surface area contributed by atoms with Gasteiger partial charge in [0.15, 0.2) is 17.5 Å². The van der Waals surface area contributed by atoms with Gasteiger partial charge in [-0.3, -0.25) is 0 Å². The summed E-state index contributed by atoms with van der Waals surface area (Å²) < 4.78 is 57.1. The van der Waals surface area contributed by atoms with E-state index >= 15 is 0 Å². The minimum absolute atomic E-state index is 0.240. The number of benzene rings is 2. The fourth-order valence-electron chi connectivity index (χ4n) is 3.50. The van der Waals surface area contributed by atoms with Crippen molar-refractivity contribution in [2.75, 3.05) is 0 Å². The highest BCUT2D eigenvalue weighted by Crippen LogP contribution is 2.32. The first-order chi connectivity index (χ1) is 15.1. The molecule has 0 radical (unpaired) electrons. The van der Waals surface area contributed by atoms with Crippen molar-refractivity contribution in [3.63, 3.8) is 0 Å². The summed E-state index contributed by atoms with van der Waals surface area (Å²) in [4.78, 5) is 12.9. The van der Waals surface area contributed by atoms with E-state index in [0.717, 1.165) is 17.8 Å². The number of rotatable bonds is 5. The number of aromatic nitrogens is 4. The quantitative estimate of drug-likeness (QED) is 0.306. The Morgan fingerprint density at radius 3 is 2.25 bits per heavy atom. The lowest BCUT2D eigenvalue weighted by Crippen LogP contribution is -2.22. The topological polar surface area (TPSA) is 43.6 Å². The Morgan fingerprint density at radius 1 is 0.906 bits per heavy atom. The van der Waals surface area contributed by atoms with Crippen molar-refractivity contribution in [1.29, 1.82) is 0 Å². The lowest BCUT2D eigenvalue weighted by molar-refractivity contribution is 0.440. The molecule has 0 unspecified atom stereocenters. The van der Waals surface area contributed by atoms with Gasteiger partial charge in [-0.05, 0) is 48.4 Å². The van der Waals surface area contributed by atoms with Crippen molar-refractivity contribution in [2.24, 2.45) is 0 Å². The summed E-state index contributed by atoms with van der Waals surface area (Å²) in [5.74, 6) is -4.01. The highest BCUT2D eigenvalue weighted by molar-refractivity contribution is 5.38. The maximum Gasteiger partial charge on any atom is 0.194 e. The van der Waals surface area contributed by atoms with E-state index in [9.17, 15) is 17.6 Å². The van der Waals surface area contributed by atoms with Crippen LogP contribution in [-0.2, 0) is 11.8 Å². The molecule has 2 aromatic carbocycles.